The van der Waals surface area contributed by atoms with Crippen LogP contribution in [0.15, 0.2) is 0 Å². The fraction of sp³-hybridized carbons (Fsp3) is 1.00. The average molecular weight is 239 g/mol. The summed E-state index contributed by atoms with van der Waals surface area (Å²) in [6.07, 6.45) is 17.5. The van der Waals surface area contributed by atoms with Gasteiger partial charge in [0.15, 0.2) is 0 Å². The van der Waals surface area contributed by atoms with E-state index in [1.54, 1.807) is 0 Å². The first-order valence-electron chi connectivity index (χ1n) is 8.10. The maximum atomic E-state index is 3.62. The van der Waals surface area contributed by atoms with Gasteiger partial charge in [0, 0.05) is 0 Å². The van der Waals surface area contributed by atoms with Gasteiger partial charge in [0.2, 0.25) is 0 Å². The van der Waals surface area contributed by atoms with Crippen molar-refractivity contribution in [1.29, 1.82) is 0 Å². The molecule has 0 amide bonds. The minimum atomic E-state index is 0.878. The molecular weight excluding hydrogens is 206 g/mol. The lowest BCUT2D eigenvalue weighted by atomic mass is 10.0. The van der Waals surface area contributed by atoms with Crippen LogP contribution >= 0.6 is 0 Å². The lowest BCUT2D eigenvalue weighted by Gasteiger charge is -2.13. The Morgan fingerprint density at radius 1 is 0.647 bits per heavy atom. The molecule has 0 aromatic heterocycles. The fourth-order valence-electron chi connectivity index (χ4n) is 2.78. The summed E-state index contributed by atoms with van der Waals surface area (Å²) in [6.45, 7) is 4.88. The van der Waals surface area contributed by atoms with Crippen molar-refractivity contribution >= 4 is 0 Å². The van der Waals surface area contributed by atoms with Crippen LogP contribution in [0, 0.1) is 5.92 Å². The molecule has 1 aliphatic heterocycles. The maximum absolute atomic E-state index is 3.62. The molecule has 1 saturated heterocycles. The van der Waals surface area contributed by atoms with Gasteiger partial charge >= 0.3 is 0 Å². The second-order valence-electron chi connectivity index (χ2n) is 5.99. The van der Waals surface area contributed by atoms with E-state index in [4.69, 9.17) is 0 Å². The number of nitrogens with one attached hydrogen (secondary N) is 1. The molecule has 0 spiro atoms. The van der Waals surface area contributed by atoms with E-state index in [1.807, 2.05) is 0 Å². The monoisotopic (exact) mass is 239 g/mol. The van der Waals surface area contributed by atoms with Crippen molar-refractivity contribution in [2.24, 2.45) is 5.92 Å². The molecule has 0 aromatic rings. The van der Waals surface area contributed by atoms with E-state index < -0.39 is 0 Å². The van der Waals surface area contributed by atoms with Gasteiger partial charge in [0.25, 0.3) is 0 Å². The molecule has 1 heterocycles. The molecule has 1 N–H and O–H groups in total. The van der Waals surface area contributed by atoms with Gasteiger partial charge < -0.3 is 5.32 Å². The largest absolute Gasteiger partial charge is 0.316 e. The van der Waals surface area contributed by atoms with Crippen LogP contribution in [0.3, 0.4) is 0 Å². The van der Waals surface area contributed by atoms with E-state index >= 15 is 0 Å². The Hall–Kier alpha value is -0.0400. The molecule has 102 valence electrons. The standard InChI is InChI=1S/C16H33N/c1-16-13-11-9-7-5-3-2-4-6-8-10-12-14-17-15-16/h16-17H,2-15H2,1H3. The maximum Gasteiger partial charge on any atom is -0.00232 e. The smallest absolute Gasteiger partial charge is 0.00232 e. The fourth-order valence-corrected chi connectivity index (χ4v) is 2.78. The predicted octanol–water partition coefficient (Wildman–Crippen LogP) is 4.91. The summed E-state index contributed by atoms with van der Waals surface area (Å²) < 4.78 is 0. The molecule has 0 bridgehead atoms. The summed E-state index contributed by atoms with van der Waals surface area (Å²) in [5.74, 6) is 0.878. The lowest BCUT2D eigenvalue weighted by Crippen LogP contribution is -2.22. The van der Waals surface area contributed by atoms with Crippen LogP contribution < -0.4 is 5.32 Å². The Morgan fingerprint density at radius 2 is 1.12 bits per heavy atom. The highest BCUT2D eigenvalue weighted by Crippen LogP contribution is 2.14. The number of hydrogen-bond acceptors (Lipinski definition) is 1. The van der Waals surface area contributed by atoms with E-state index in [1.165, 1.54) is 90.1 Å². The Balaban J connectivity index is 2.09. The molecule has 1 rings (SSSR count). The van der Waals surface area contributed by atoms with Gasteiger partial charge in [-0.3, -0.25) is 0 Å². The molecule has 1 fully saturated rings. The Morgan fingerprint density at radius 3 is 1.71 bits per heavy atom. The quantitative estimate of drug-likeness (QED) is 0.633. The van der Waals surface area contributed by atoms with Crippen LogP contribution in [0.4, 0.5) is 0 Å². The third kappa shape index (κ3) is 9.64. The zero-order chi connectivity index (χ0) is 12.2. The second kappa shape index (κ2) is 11.1. The van der Waals surface area contributed by atoms with Crippen LogP contribution in [0.2, 0.25) is 0 Å². The van der Waals surface area contributed by atoms with Crippen molar-refractivity contribution in [3.8, 4) is 0 Å². The first-order chi connectivity index (χ1) is 8.39. The molecule has 0 saturated carbocycles. The van der Waals surface area contributed by atoms with Crippen molar-refractivity contribution in [3.05, 3.63) is 0 Å². The summed E-state index contributed by atoms with van der Waals surface area (Å²) in [4.78, 5) is 0. The minimum absolute atomic E-state index is 0.878. The van der Waals surface area contributed by atoms with E-state index in [0.717, 1.165) is 5.92 Å². The topological polar surface area (TPSA) is 12.0 Å². The Bertz CT molecular complexity index is 140. The highest BCUT2D eigenvalue weighted by molar-refractivity contribution is 4.59. The first-order valence-corrected chi connectivity index (χ1v) is 8.10. The van der Waals surface area contributed by atoms with E-state index in [9.17, 15) is 0 Å². The number of rotatable bonds is 0. The molecule has 1 unspecified atom stereocenters. The average Bonchev–Trinajstić information content (AvgIpc) is 2.32. The lowest BCUT2D eigenvalue weighted by molar-refractivity contribution is 0.439. The van der Waals surface area contributed by atoms with Crippen molar-refractivity contribution in [2.75, 3.05) is 13.1 Å². The Labute approximate surface area is 109 Å². The van der Waals surface area contributed by atoms with Crippen molar-refractivity contribution in [1.82, 2.24) is 5.32 Å². The van der Waals surface area contributed by atoms with Gasteiger partial charge in [-0.05, 0) is 31.8 Å². The minimum Gasteiger partial charge on any atom is -0.316 e. The molecule has 1 nitrogen and oxygen atoms in total. The van der Waals surface area contributed by atoms with Gasteiger partial charge in [-0.15, -0.1) is 0 Å². The summed E-state index contributed by atoms with van der Waals surface area (Å²) in [5.41, 5.74) is 0. The third-order valence-corrected chi connectivity index (χ3v) is 4.04. The van der Waals surface area contributed by atoms with E-state index in [2.05, 4.69) is 12.2 Å². The van der Waals surface area contributed by atoms with Gasteiger partial charge in [0.1, 0.15) is 0 Å². The normalized spacial score (nSPS) is 27.7. The van der Waals surface area contributed by atoms with Crippen molar-refractivity contribution in [3.63, 3.8) is 0 Å². The molecular formula is C16H33N. The third-order valence-electron chi connectivity index (χ3n) is 4.04. The van der Waals surface area contributed by atoms with E-state index in [-0.39, 0.29) is 0 Å². The van der Waals surface area contributed by atoms with Crippen LogP contribution in [-0.4, -0.2) is 13.1 Å². The van der Waals surface area contributed by atoms with Crippen LogP contribution in [-0.2, 0) is 0 Å². The van der Waals surface area contributed by atoms with Crippen molar-refractivity contribution < 1.29 is 0 Å². The highest BCUT2D eigenvalue weighted by atomic mass is 14.8. The molecule has 0 aliphatic carbocycles. The molecule has 17 heavy (non-hydrogen) atoms. The summed E-state index contributed by atoms with van der Waals surface area (Å²) in [5, 5.41) is 3.62. The zero-order valence-corrected chi connectivity index (χ0v) is 12.0. The first kappa shape index (κ1) is 15.0. The molecule has 1 atom stereocenters. The van der Waals surface area contributed by atoms with Crippen LogP contribution in [0.1, 0.15) is 84.0 Å². The zero-order valence-electron chi connectivity index (χ0n) is 12.0. The van der Waals surface area contributed by atoms with Crippen molar-refractivity contribution in [2.45, 2.75) is 84.0 Å². The molecule has 1 heteroatoms. The van der Waals surface area contributed by atoms with Gasteiger partial charge in [-0.25, -0.2) is 0 Å². The van der Waals surface area contributed by atoms with Gasteiger partial charge in [-0.2, -0.15) is 0 Å². The summed E-state index contributed by atoms with van der Waals surface area (Å²) >= 11 is 0. The summed E-state index contributed by atoms with van der Waals surface area (Å²) in [6, 6.07) is 0. The van der Waals surface area contributed by atoms with E-state index in [0.29, 0.717) is 0 Å². The number of hydrogen-bond donors (Lipinski definition) is 1. The van der Waals surface area contributed by atoms with Gasteiger partial charge in [0.05, 0.1) is 0 Å². The second-order valence-corrected chi connectivity index (χ2v) is 5.99. The Kier molecular flexibility index (Phi) is 9.78. The molecule has 1 aliphatic rings. The summed E-state index contributed by atoms with van der Waals surface area (Å²) in [7, 11) is 0. The SMILES string of the molecule is CC1CCCCCCCCCCCCCNC1. The van der Waals surface area contributed by atoms with Gasteiger partial charge in [-0.1, -0.05) is 71.1 Å². The molecule has 0 aromatic carbocycles. The predicted molar refractivity (Wildman–Crippen MR) is 77.4 cm³/mol. The highest BCUT2D eigenvalue weighted by Gasteiger charge is 2.02. The molecule has 0 radical (unpaired) electrons. The van der Waals surface area contributed by atoms with Crippen LogP contribution in [0.5, 0.6) is 0 Å². The van der Waals surface area contributed by atoms with Crippen LogP contribution in [0.25, 0.3) is 0 Å².